The Kier molecular flexibility index (Phi) is 31.0. The lowest BCUT2D eigenvalue weighted by atomic mass is 10.2. The number of hydrogen-bond donors (Lipinski definition) is 1. The SMILES string of the molecule is C=C.C=CCCO.CC.CC1CCCC1. The highest BCUT2D eigenvalue weighted by Crippen LogP contribution is 2.22. The Labute approximate surface area is 96.9 Å². The summed E-state index contributed by atoms with van der Waals surface area (Å²) in [5.74, 6) is 1.05. The molecule has 1 fully saturated rings. The summed E-state index contributed by atoms with van der Waals surface area (Å²) in [6.07, 6.45) is 8.34. The lowest BCUT2D eigenvalue weighted by molar-refractivity contribution is 0.303. The van der Waals surface area contributed by atoms with Crippen molar-refractivity contribution in [3.05, 3.63) is 25.8 Å². The molecule has 1 nitrogen and oxygen atoms in total. The van der Waals surface area contributed by atoms with Gasteiger partial charge in [-0.1, -0.05) is 52.5 Å². The second kappa shape index (κ2) is 23.3. The second-order valence-electron chi connectivity index (χ2n) is 3.19. The summed E-state index contributed by atoms with van der Waals surface area (Å²) < 4.78 is 0. The van der Waals surface area contributed by atoms with E-state index in [9.17, 15) is 0 Å². The van der Waals surface area contributed by atoms with E-state index in [1.807, 2.05) is 13.8 Å². The van der Waals surface area contributed by atoms with Crippen LogP contribution < -0.4 is 0 Å². The Bertz CT molecular complexity index is 93.5. The summed E-state index contributed by atoms with van der Waals surface area (Å²) >= 11 is 0. The molecule has 15 heavy (non-hydrogen) atoms. The van der Waals surface area contributed by atoms with Gasteiger partial charge in [0, 0.05) is 6.61 Å². The van der Waals surface area contributed by atoms with E-state index in [4.69, 9.17) is 5.11 Å². The maximum Gasteiger partial charge on any atom is 0.0465 e. The van der Waals surface area contributed by atoms with Crippen molar-refractivity contribution < 1.29 is 5.11 Å². The van der Waals surface area contributed by atoms with Crippen molar-refractivity contribution in [3.8, 4) is 0 Å². The van der Waals surface area contributed by atoms with Gasteiger partial charge in [0.15, 0.2) is 0 Å². The van der Waals surface area contributed by atoms with Crippen LogP contribution in [0, 0.1) is 5.92 Å². The normalized spacial score (nSPS) is 13.3. The Morgan fingerprint density at radius 3 is 1.67 bits per heavy atom. The van der Waals surface area contributed by atoms with Gasteiger partial charge in [0.25, 0.3) is 0 Å². The number of rotatable bonds is 2. The zero-order valence-corrected chi connectivity index (χ0v) is 11.0. The highest BCUT2D eigenvalue weighted by atomic mass is 16.2. The molecule has 1 aliphatic carbocycles. The van der Waals surface area contributed by atoms with Crippen molar-refractivity contribution in [2.24, 2.45) is 5.92 Å². The zero-order chi connectivity index (χ0) is 12.5. The molecule has 0 aliphatic heterocycles. The van der Waals surface area contributed by atoms with Gasteiger partial charge in [0.05, 0.1) is 0 Å². The van der Waals surface area contributed by atoms with Gasteiger partial charge in [-0.15, -0.1) is 19.7 Å². The van der Waals surface area contributed by atoms with E-state index in [-0.39, 0.29) is 6.61 Å². The molecule has 92 valence electrons. The fourth-order valence-electron chi connectivity index (χ4n) is 1.22. The van der Waals surface area contributed by atoms with Crippen LogP contribution in [0.15, 0.2) is 25.8 Å². The summed E-state index contributed by atoms with van der Waals surface area (Å²) in [5, 5.41) is 8.00. The van der Waals surface area contributed by atoms with Crippen LogP contribution in [0.3, 0.4) is 0 Å². The molecule has 1 heteroatoms. The van der Waals surface area contributed by atoms with E-state index in [1.54, 1.807) is 6.08 Å². The van der Waals surface area contributed by atoms with E-state index in [0.717, 1.165) is 5.92 Å². The minimum atomic E-state index is 0.226. The third kappa shape index (κ3) is 24.7. The average molecular weight is 214 g/mol. The average Bonchev–Trinajstić information content (AvgIpc) is 2.77. The molecule has 1 saturated carbocycles. The first-order valence-electron chi connectivity index (χ1n) is 6.03. The van der Waals surface area contributed by atoms with Crippen LogP contribution in [-0.2, 0) is 0 Å². The van der Waals surface area contributed by atoms with Crippen molar-refractivity contribution >= 4 is 0 Å². The van der Waals surface area contributed by atoms with Gasteiger partial charge < -0.3 is 5.11 Å². The maximum atomic E-state index is 8.00. The smallest absolute Gasteiger partial charge is 0.0465 e. The molecule has 0 amide bonds. The molecule has 0 aromatic heterocycles. The van der Waals surface area contributed by atoms with Gasteiger partial charge in [-0.05, 0) is 12.3 Å². The molecule has 0 atom stereocenters. The number of hydrogen-bond acceptors (Lipinski definition) is 1. The van der Waals surface area contributed by atoms with Crippen LogP contribution in [0.25, 0.3) is 0 Å². The van der Waals surface area contributed by atoms with Gasteiger partial charge in [-0.3, -0.25) is 0 Å². The summed E-state index contributed by atoms with van der Waals surface area (Å²) in [4.78, 5) is 0. The highest BCUT2D eigenvalue weighted by Gasteiger charge is 2.07. The van der Waals surface area contributed by atoms with Crippen LogP contribution >= 0.6 is 0 Å². The summed E-state index contributed by atoms with van der Waals surface area (Å²) in [5.41, 5.74) is 0. The quantitative estimate of drug-likeness (QED) is 0.667. The van der Waals surface area contributed by atoms with E-state index < -0.39 is 0 Å². The van der Waals surface area contributed by atoms with Crippen molar-refractivity contribution in [1.82, 2.24) is 0 Å². The predicted molar refractivity (Wildman–Crippen MR) is 72.1 cm³/mol. The van der Waals surface area contributed by atoms with Crippen molar-refractivity contribution in [1.29, 1.82) is 0 Å². The summed E-state index contributed by atoms with van der Waals surface area (Å²) in [7, 11) is 0. The zero-order valence-electron chi connectivity index (χ0n) is 11.0. The Hall–Kier alpha value is -0.560. The van der Waals surface area contributed by atoms with Gasteiger partial charge in [0.1, 0.15) is 0 Å². The lowest BCUT2D eigenvalue weighted by Crippen LogP contribution is -1.78. The summed E-state index contributed by atoms with van der Waals surface area (Å²) in [6, 6.07) is 0. The van der Waals surface area contributed by atoms with E-state index in [0.29, 0.717) is 6.42 Å². The first-order chi connectivity index (χ1) is 7.31. The first-order valence-corrected chi connectivity index (χ1v) is 6.03. The third-order valence-electron chi connectivity index (χ3n) is 1.98. The molecule has 0 heterocycles. The van der Waals surface area contributed by atoms with Crippen molar-refractivity contribution in [2.75, 3.05) is 6.61 Å². The Morgan fingerprint density at radius 1 is 1.20 bits per heavy atom. The third-order valence-corrected chi connectivity index (χ3v) is 1.98. The van der Waals surface area contributed by atoms with Crippen LogP contribution in [0.4, 0.5) is 0 Å². The molecule has 0 bridgehead atoms. The largest absolute Gasteiger partial charge is 0.396 e. The number of aliphatic hydroxyl groups excluding tert-OH is 1. The standard InChI is InChI=1S/C6H12.C4H8O.C2H6.C2H4/c1-6-4-2-3-5-6;1-2-3-4-5;2*1-2/h6H,2-5H2,1H3;2,5H,1,3-4H2;1-2H3;1-2H2. The van der Waals surface area contributed by atoms with Crippen LogP contribution in [0.5, 0.6) is 0 Å². The van der Waals surface area contributed by atoms with Crippen LogP contribution in [-0.4, -0.2) is 11.7 Å². The van der Waals surface area contributed by atoms with Crippen molar-refractivity contribution in [2.45, 2.75) is 52.9 Å². The second-order valence-corrected chi connectivity index (χ2v) is 3.19. The Morgan fingerprint density at radius 2 is 1.60 bits per heavy atom. The fraction of sp³-hybridized carbons (Fsp3) is 0.714. The predicted octanol–water partition coefficient (Wildman–Crippen LogP) is 4.58. The topological polar surface area (TPSA) is 20.2 Å². The molecule has 0 radical (unpaired) electrons. The monoisotopic (exact) mass is 214 g/mol. The fourth-order valence-corrected chi connectivity index (χ4v) is 1.22. The molecular formula is C14H30O. The van der Waals surface area contributed by atoms with E-state index >= 15 is 0 Å². The molecule has 1 rings (SSSR count). The van der Waals surface area contributed by atoms with E-state index in [2.05, 4.69) is 26.7 Å². The lowest BCUT2D eigenvalue weighted by Gasteiger charge is -1.91. The van der Waals surface area contributed by atoms with Gasteiger partial charge in [-0.25, -0.2) is 0 Å². The molecule has 0 spiro atoms. The molecular weight excluding hydrogens is 184 g/mol. The molecule has 1 aliphatic rings. The van der Waals surface area contributed by atoms with Crippen molar-refractivity contribution in [3.63, 3.8) is 0 Å². The molecule has 0 aromatic rings. The van der Waals surface area contributed by atoms with Gasteiger partial charge in [0.2, 0.25) is 0 Å². The van der Waals surface area contributed by atoms with Gasteiger partial charge >= 0.3 is 0 Å². The number of aliphatic hydroxyl groups is 1. The minimum absolute atomic E-state index is 0.226. The maximum absolute atomic E-state index is 8.00. The molecule has 0 aromatic carbocycles. The van der Waals surface area contributed by atoms with Crippen LogP contribution in [0.2, 0.25) is 0 Å². The van der Waals surface area contributed by atoms with E-state index in [1.165, 1.54) is 25.7 Å². The Balaban J connectivity index is -0.000000146. The molecule has 0 unspecified atom stereocenters. The van der Waals surface area contributed by atoms with Gasteiger partial charge in [-0.2, -0.15) is 0 Å². The minimum Gasteiger partial charge on any atom is -0.396 e. The molecule has 0 saturated heterocycles. The summed E-state index contributed by atoms with van der Waals surface area (Å²) in [6.45, 7) is 16.0. The van der Waals surface area contributed by atoms with Crippen LogP contribution in [0.1, 0.15) is 52.9 Å². The first kappa shape index (κ1) is 19.9. The molecule has 1 N–H and O–H groups in total. The highest BCUT2D eigenvalue weighted by molar-refractivity contribution is 4.63.